The van der Waals surface area contributed by atoms with Crippen LogP contribution in [0.5, 0.6) is 5.75 Å². The molecule has 0 aromatic heterocycles. The maximum atomic E-state index is 12.0. The van der Waals surface area contributed by atoms with Gasteiger partial charge in [0.05, 0.1) is 23.0 Å². The molecule has 0 aliphatic carbocycles. The van der Waals surface area contributed by atoms with E-state index in [2.05, 4.69) is 6.07 Å². The minimum atomic E-state index is -3.23. The molecule has 0 radical (unpaired) electrons. The topological polar surface area (TPSA) is 62.2 Å². The monoisotopic (exact) mass is 465 g/mol. The Morgan fingerprint density at radius 2 is 1.87 bits per heavy atom. The lowest BCUT2D eigenvalue weighted by molar-refractivity contribution is -0.143. The van der Waals surface area contributed by atoms with Gasteiger partial charge in [0.2, 0.25) is 15.7 Å². The molecule has 3 aliphatic rings. The van der Waals surface area contributed by atoms with E-state index in [1.54, 1.807) is 6.07 Å². The predicted octanol–water partition coefficient (Wildman–Crippen LogP) is 4.29. The van der Waals surface area contributed by atoms with Gasteiger partial charge in [-0.15, -0.1) is 0 Å². The Kier molecular flexibility index (Phi) is 4.78. The zero-order valence-corrected chi connectivity index (χ0v) is 18.7. The molecule has 6 nitrogen and oxygen atoms in total. The van der Waals surface area contributed by atoms with Crippen molar-refractivity contribution >= 4 is 38.9 Å². The minimum absolute atomic E-state index is 0.0153. The fourth-order valence-electron chi connectivity index (χ4n) is 4.61. The summed E-state index contributed by atoms with van der Waals surface area (Å²) in [6, 6.07) is 13.4. The van der Waals surface area contributed by atoms with Crippen LogP contribution in [-0.4, -0.2) is 48.5 Å². The number of rotatable bonds is 2. The van der Waals surface area contributed by atoms with E-state index in [1.165, 1.54) is 10.6 Å². The number of nitrogens with zero attached hydrogens (tertiary/aromatic N) is 3. The van der Waals surface area contributed by atoms with Crippen LogP contribution in [-0.2, 0) is 10.0 Å². The van der Waals surface area contributed by atoms with Gasteiger partial charge in [0.25, 0.3) is 0 Å². The first-order valence-corrected chi connectivity index (χ1v) is 12.4. The number of ether oxygens (including phenoxy) is 1. The van der Waals surface area contributed by atoms with Crippen LogP contribution < -0.4 is 4.74 Å². The summed E-state index contributed by atoms with van der Waals surface area (Å²) >= 11 is 12.5. The largest absolute Gasteiger partial charge is 0.466 e. The molecule has 158 valence electrons. The molecule has 0 saturated carbocycles. The molecule has 2 aromatic carbocycles. The van der Waals surface area contributed by atoms with Gasteiger partial charge in [-0.2, -0.15) is 5.10 Å². The summed E-state index contributed by atoms with van der Waals surface area (Å²) in [5.41, 5.74) is 2.14. The highest BCUT2D eigenvalue weighted by atomic mass is 35.5. The number of halogens is 2. The van der Waals surface area contributed by atoms with E-state index in [0.29, 0.717) is 42.4 Å². The van der Waals surface area contributed by atoms with E-state index in [0.717, 1.165) is 22.6 Å². The van der Waals surface area contributed by atoms with Crippen LogP contribution in [0.15, 0.2) is 47.6 Å². The van der Waals surface area contributed by atoms with Gasteiger partial charge in [-0.3, -0.25) is 0 Å². The standard InChI is InChI=1S/C21H21Cl2N3O3S/c1-30(27,28)25-10-8-21(9-11-25)26-19(16-4-2-3-5-20(16)29-21)13-18(24-26)15-7-6-14(22)12-17(15)23/h2-7,12,19H,8-11,13H2,1H3/t19-/m0/s1. The minimum Gasteiger partial charge on any atom is -0.466 e. The number of hydrogen-bond donors (Lipinski definition) is 0. The van der Waals surface area contributed by atoms with E-state index in [1.807, 2.05) is 35.3 Å². The molecule has 0 unspecified atom stereocenters. The van der Waals surface area contributed by atoms with Gasteiger partial charge >= 0.3 is 0 Å². The molecule has 1 saturated heterocycles. The Hall–Kier alpha value is -1.80. The average Bonchev–Trinajstić information content (AvgIpc) is 3.14. The zero-order chi connectivity index (χ0) is 21.1. The van der Waals surface area contributed by atoms with Crippen LogP contribution in [0.1, 0.15) is 36.4 Å². The molecule has 1 spiro atoms. The first-order chi connectivity index (χ1) is 14.3. The van der Waals surface area contributed by atoms with Gasteiger partial charge in [0.1, 0.15) is 5.75 Å². The second-order valence-corrected chi connectivity index (χ2v) is 10.8. The molecule has 0 bridgehead atoms. The van der Waals surface area contributed by atoms with Crippen molar-refractivity contribution in [3.63, 3.8) is 0 Å². The highest BCUT2D eigenvalue weighted by Gasteiger charge is 2.52. The van der Waals surface area contributed by atoms with Crippen molar-refractivity contribution in [1.29, 1.82) is 0 Å². The van der Waals surface area contributed by atoms with E-state index in [4.69, 9.17) is 33.0 Å². The lowest BCUT2D eigenvalue weighted by Gasteiger charge is -2.50. The molecule has 3 heterocycles. The predicted molar refractivity (Wildman–Crippen MR) is 118 cm³/mol. The maximum Gasteiger partial charge on any atom is 0.211 e. The molecule has 2 aromatic rings. The first kappa shape index (κ1) is 20.1. The highest BCUT2D eigenvalue weighted by Crippen LogP contribution is 2.50. The van der Waals surface area contributed by atoms with Gasteiger partial charge in [0.15, 0.2) is 0 Å². The van der Waals surface area contributed by atoms with E-state index in [9.17, 15) is 8.42 Å². The first-order valence-electron chi connectivity index (χ1n) is 9.82. The molecule has 0 amide bonds. The lowest BCUT2D eigenvalue weighted by atomic mass is 9.91. The van der Waals surface area contributed by atoms with Crippen molar-refractivity contribution in [2.24, 2.45) is 5.10 Å². The molecular weight excluding hydrogens is 445 g/mol. The third-order valence-corrected chi connectivity index (χ3v) is 7.97. The molecule has 9 heteroatoms. The van der Waals surface area contributed by atoms with Crippen molar-refractivity contribution in [3.8, 4) is 5.75 Å². The third kappa shape index (κ3) is 3.28. The van der Waals surface area contributed by atoms with E-state index >= 15 is 0 Å². The van der Waals surface area contributed by atoms with Crippen molar-refractivity contribution in [3.05, 3.63) is 63.6 Å². The Balaban J connectivity index is 1.55. The highest BCUT2D eigenvalue weighted by molar-refractivity contribution is 7.88. The second kappa shape index (κ2) is 7.12. The fourth-order valence-corrected chi connectivity index (χ4v) is 5.98. The number of benzene rings is 2. The maximum absolute atomic E-state index is 12.0. The molecule has 1 fully saturated rings. The Labute approximate surface area is 186 Å². The van der Waals surface area contributed by atoms with Crippen molar-refractivity contribution in [2.75, 3.05) is 19.3 Å². The summed E-state index contributed by atoms with van der Waals surface area (Å²) in [4.78, 5) is 0. The molecule has 3 aliphatic heterocycles. The van der Waals surface area contributed by atoms with Crippen LogP contribution in [0.25, 0.3) is 0 Å². The summed E-state index contributed by atoms with van der Waals surface area (Å²) in [6.45, 7) is 0.799. The van der Waals surface area contributed by atoms with Crippen LogP contribution in [0.2, 0.25) is 10.0 Å². The van der Waals surface area contributed by atoms with Crippen molar-refractivity contribution in [2.45, 2.75) is 31.0 Å². The molecule has 1 atom stereocenters. The van der Waals surface area contributed by atoms with Crippen LogP contribution in [0.3, 0.4) is 0 Å². The Morgan fingerprint density at radius 3 is 2.57 bits per heavy atom. The molecule has 0 N–H and O–H groups in total. The Morgan fingerprint density at radius 1 is 1.13 bits per heavy atom. The smallest absolute Gasteiger partial charge is 0.211 e. The quantitative estimate of drug-likeness (QED) is 0.663. The van der Waals surface area contributed by atoms with Crippen LogP contribution in [0, 0.1) is 0 Å². The van der Waals surface area contributed by atoms with E-state index < -0.39 is 15.7 Å². The van der Waals surface area contributed by atoms with Gasteiger partial charge < -0.3 is 4.74 Å². The second-order valence-electron chi connectivity index (χ2n) is 7.98. The zero-order valence-electron chi connectivity index (χ0n) is 16.4. The summed E-state index contributed by atoms with van der Waals surface area (Å²) in [7, 11) is -3.23. The summed E-state index contributed by atoms with van der Waals surface area (Å²) in [6.07, 6.45) is 3.02. The fraction of sp³-hybridized carbons (Fsp3) is 0.381. The third-order valence-electron chi connectivity index (χ3n) is 6.12. The van der Waals surface area contributed by atoms with E-state index in [-0.39, 0.29) is 6.04 Å². The van der Waals surface area contributed by atoms with Gasteiger partial charge in [-0.1, -0.05) is 47.5 Å². The normalized spacial score (nSPS) is 23.0. The number of fused-ring (bicyclic) bond motifs is 4. The number of sulfonamides is 1. The van der Waals surface area contributed by atoms with Gasteiger partial charge in [0, 0.05) is 48.5 Å². The molecule has 5 rings (SSSR count). The number of hydrogen-bond acceptors (Lipinski definition) is 5. The average molecular weight is 466 g/mol. The molecule has 30 heavy (non-hydrogen) atoms. The Bertz CT molecular complexity index is 1140. The van der Waals surface area contributed by atoms with Crippen LogP contribution >= 0.6 is 23.2 Å². The number of piperidine rings is 1. The van der Waals surface area contributed by atoms with Crippen molar-refractivity contribution < 1.29 is 13.2 Å². The van der Waals surface area contributed by atoms with Crippen molar-refractivity contribution in [1.82, 2.24) is 9.31 Å². The lowest BCUT2D eigenvalue weighted by Crippen LogP contribution is -2.59. The summed E-state index contributed by atoms with van der Waals surface area (Å²) in [5.74, 6) is 0.838. The summed E-state index contributed by atoms with van der Waals surface area (Å²) < 4.78 is 32.0. The van der Waals surface area contributed by atoms with Gasteiger partial charge in [-0.05, 0) is 18.2 Å². The van der Waals surface area contributed by atoms with Crippen LogP contribution in [0.4, 0.5) is 0 Å². The number of para-hydroxylation sites is 1. The SMILES string of the molecule is CS(=O)(=O)N1CCC2(CC1)Oc1ccccc1[C@@H]1CC(c3ccc(Cl)cc3Cl)=NN12. The number of hydrazone groups is 1. The van der Waals surface area contributed by atoms with Gasteiger partial charge in [-0.25, -0.2) is 17.7 Å². The molecular formula is C21H21Cl2N3O3S. The summed E-state index contributed by atoms with van der Waals surface area (Å²) in [5, 5.41) is 8.15.